The van der Waals surface area contributed by atoms with Gasteiger partial charge in [-0.15, -0.1) is 0 Å². The van der Waals surface area contributed by atoms with Gasteiger partial charge in [0.15, 0.2) is 5.82 Å². The topological polar surface area (TPSA) is 79.5 Å². The second-order valence-electron chi connectivity index (χ2n) is 4.89. The minimum atomic E-state index is -0.771. The first-order valence-corrected chi connectivity index (χ1v) is 6.51. The van der Waals surface area contributed by atoms with Gasteiger partial charge in [-0.1, -0.05) is 23.4 Å². The molecule has 0 saturated heterocycles. The Kier molecular flexibility index (Phi) is 3.14. The lowest BCUT2D eigenvalue weighted by Gasteiger charge is -2.33. The van der Waals surface area contributed by atoms with Crippen LogP contribution >= 0.6 is 0 Å². The maximum atomic E-state index is 11.3. The van der Waals surface area contributed by atoms with Crippen molar-refractivity contribution in [3.05, 3.63) is 41.5 Å². The zero-order valence-electron chi connectivity index (χ0n) is 11.1. The van der Waals surface area contributed by atoms with Gasteiger partial charge >= 0.3 is 5.97 Å². The summed E-state index contributed by atoms with van der Waals surface area (Å²) in [5, 5.41) is 13.2. The molecule has 0 bridgehead atoms. The number of carbonyl (C=O) groups is 1. The molecule has 2 heterocycles. The Morgan fingerprint density at radius 3 is 3.00 bits per heavy atom. The fourth-order valence-electron chi connectivity index (χ4n) is 2.63. The molecule has 2 aromatic rings. The second-order valence-corrected chi connectivity index (χ2v) is 4.89. The van der Waals surface area contributed by atoms with Gasteiger partial charge in [0.05, 0.1) is 12.5 Å². The van der Waals surface area contributed by atoms with Crippen molar-refractivity contribution in [2.24, 2.45) is 0 Å². The van der Waals surface area contributed by atoms with Crippen LogP contribution < -0.4 is 4.90 Å². The van der Waals surface area contributed by atoms with Crippen LogP contribution in [-0.4, -0.2) is 27.8 Å². The van der Waals surface area contributed by atoms with Crippen LogP contribution in [0.5, 0.6) is 0 Å². The summed E-state index contributed by atoms with van der Waals surface area (Å²) in [5.41, 5.74) is 1.79. The van der Waals surface area contributed by atoms with Crippen LogP contribution in [0.2, 0.25) is 0 Å². The van der Waals surface area contributed by atoms with Gasteiger partial charge in [0.2, 0.25) is 5.89 Å². The number of anilines is 1. The van der Waals surface area contributed by atoms with E-state index in [9.17, 15) is 9.90 Å². The van der Waals surface area contributed by atoms with Crippen LogP contribution in [0.3, 0.4) is 0 Å². The number of aryl methyl sites for hydroxylation is 1. The van der Waals surface area contributed by atoms with Crippen molar-refractivity contribution in [1.29, 1.82) is 0 Å². The molecule has 1 atom stereocenters. The van der Waals surface area contributed by atoms with Crippen LogP contribution in [0.1, 0.15) is 29.6 Å². The van der Waals surface area contributed by atoms with E-state index < -0.39 is 11.9 Å². The SMILES string of the molecule is Cc1nc(CN2CCC(C(=O)O)c3ccccc32)no1. The van der Waals surface area contributed by atoms with E-state index in [0.29, 0.717) is 31.2 Å². The quantitative estimate of drug-likeness (QED) is 0.920. The summed E-state index contributed by atoms with van der Waals surface area (Å²) in [7, 11) is 0. The number of hydrogen-bond acceptors (Lipinski definition) is 5. The number of rotatable bonds is 3. The van der Waals surface area contributed by atoms with Crippen molar-refractivity contribution in [1.82, 2.24) is 10.1 Å². The maximum Gasteiger partial charge on any atom is 0.311 e. The van der Waals surface area contributed by atoms with E-state index in [2.05, 4.69) is 15.0 Å². The van der Waals surface area contributed by atoms with Gasteiger partial charge in [-0.3, -0.25) is 4.79 Å². The third-order valence-electron chi connectivity index (χ3n) is 3.54. The molecule has 0 amide bonds. The van der Waals surface area contributed by atoms with E-state index in [1.165, 1.54) is 0 Å². The summed E-state index contributed by atoms with van der Waals surface area (Å²) < 4.78 is 4.97. The average Bonchev–Trinajstić information content (AvgIpc) is 2.84. The molecule has 20 heavy (non-hydrogen) atoms. The molecule has 1 N–H and O–H groups in total. The average molecular weight is 273 g/mol. The minimum Gasteiger partial charge on any atom is -0.481 e. The first-order valence-electron chi connectivity index (χ1n) is 6.51. The summed E-state index contributed by atoms with van der Waals surface area (Å²) in [6, 6.07) is 7.60. The lowest BCUT2D eigenvalue weighted by atomic mass is 9.90. The van der Waals surface area contributed by atoms with E-state index in [0.717, 1.165) is 11.3 Å². The Hall–Kier alpha value is -2.37. The Labute approximate surface area is 116 Å². The fourth-order valence-corrected chi connectivity index (χ4v) is 2.63. The Bertz CT molecular complexity index is 638. The van der Waals surface area contributed by atoms with E-state index in [4.69, 9.17) is 4.52 Å². The van der Waals surface area contributed by atoms with Gasteiger partial charge in [-0.2, -0.15) is 4.98 Å². The molecule has 0 radical (unpaired) electrons. The zero-order valence-corrected chi connectivity index (χ0v) is 11.1. The number of hydrogen-bond donors (Lipinski definition) is 1. The first kappa shape index (κ1) is 12.7. The molecule has 0 saturated carbocycles. The molecular weight excluding hydrogens is 258 g/mol. The Morgan fingerprint density at radius 1 is 1.50 bits per heavy atom. The maximum absolute atomic E-state index is 11.3. The summed E-state index contributed by atoms with van der Waals surface area (Å²) in [5.74, 6) is -0.0539. The molecule has 6 nitrogen and oxygen atoms in total. The van der Waals surface area contributed by atoms with Crippen LogP contribution in [0, 0.1) is 6.92 Å². The molecule has 0 fully saturated rings. The standard InChI is InChI=1S/C14H15N3O3/c1-9-15-13(16-20-9)8-17-7-6-11(14(18)19)10-4-2-3-5-12(10)17/h2-5,11H,6-8H2,1H3,(H,18,19). The van der Waals surface area contributed by atoms with E-state index >= 15 is 0 Å². The number of fused-ring (bicyclic) bond motifs is 1. The van der Waals surface area contributed by atoms with Gasteiger partial charge in [-0.25, -0.2) is 0 Å². The minimum absolute atomic E-state index is 0.436. The number of benzene rings is 1. The smallest absolute Gasteiger partial charge is 0.311 e. The molecule has 104 valence electrons. The van der Waals surface area contributed by atoms with Crippen molar-refractivity contribution >= 4 is 11.7 Å². The van der Waals surface area contributed by atoms with Crippen molar-refractivity contribution in [2.45, 2.75) is 25.8 Å². The molecular formula is C14H15N3O3. The molecule has 1 aromatic heterocycles. The number of para-hydroxylation sites is 1. The summed E-state index contributed by atoms with van der Waals surface area (Å²) in [4.78, 5) is 17.6. The van der Waals surface area contributed by atoms with Crippen molar-refractivity contribution in [3.8, 4) is 0 Å². The van der Waals surface area contributed by atoms with Crippen LogP contribution in [0.15, 0.2) is 28.8 Å². The molecule has 6 heteroatoms. The van der Waals surface area contributed by atoms with E-state index in [-0.39, 0.29) is 0 Å². The summed E-state index contributed by atoms with van der Waals surface area (Å²) >= 11 is 0. The zero-order chi connectivity index (χ0) is 14.1. The third-order valence-corrected chi connectivity index (χ3v) is 3.54. The highest BCUT2D eigenvalue weighted by molar-refractivity contribution is 5.80. The highest BCUT2D eigenvalue weighted by Gasteiger charge is 2.30. The highest BCUT2D eigenvalue weighted by Crippen LogP contribution is 2.35. The summed E-state index contributed by atoms with van der Waals surface area (Å²) in [6.07, 6.45) is 0.586. The fraction of sp³-hybridized carbons (Fsp3) is 0.357. The molecule has 1 aliphatic rings. The first-order chi connectivity index (χ1) is 9.65. The Morgan fingerprint density at radius 2 is 2.30 bits per heavy atom. The van der Waals surface area contributed by atoms with E-state index in [1.807, 2.05) is 24.3 Å². The molecule has 1 aromatic carbocycles. The van der Waals surface area contributed by atoms with Crippen molar-refractivity contribution < 1.29 is 14.4 Å². The summed E-state index contributed by atoms with van der Waals surface area (Å²) in [6.45, 7) is 2.95. The molecule has 0 aliphatic carbocycles. The number of aromatic nitrogens is 2. The lowest BCUT2D eigenvalue weighted by Crippen LogP contribution is -2.33. The van der Waals surface area contributed by atoms with Crippen molar-refractivity contribution in [2.75, 3.05) is 11.4 Å². The number of nitrogens with zero attached hydrogens (tertiary/aromatic N) is 3. The van der Waals surface area contributed by atoms with Gasteiger partial charge in [0.25, 0.3) is 0 Å². The second kappa shape index (κ2) is 4.96. The van der Waals surface area contributed by atoms with Crippen LogP contribution in [-0.2, 0) is 11.3 Å². The largest absolute Gasteiger partial charge is 0.481 e. The van der Waals surface area contributed by atoms with Crippen LogP contribution in [0.25, 0.3) is 0 Å². The van der Waals surface area contributed by atoms with Gasteiger partial charge in [0, 0.05) is 19.2 Å². The van der Waals surface area contributed by atoms with Crippen LogP contribution in [0.4, 0.5) is 5.69 Å². The predicted octanol–water partition coefficient (Wildman–Crippen LogP) is 1.96. The number of carboxylic acid groups (broad SMARTS) is 1. The number of carboxylic acids is 1. The molecule has 1 unspecified atom stereocenters. The van der Waals surface area contributed by atoms with Crippen molar-refractivity contribution in [3.63, 3.8) is 0 Å². The van der Waals surface area contributed by atoms with Gasteiger partial charge < -0.3 is 14.5 Å². The highest BCUT2D eigenvalue weighted by atomic mass is 16.5. The van der Waals surface area contributed by atoms with E-state index in [1.54, 1.807) is 6.92 Å². The monoisotopic (exact) mass is 273 g/mol. The lowest BCUT2D eigenvalue weighted by molar-refractivity contribution is -0.139. The predicted molar refractivity (Wildman–Crippen MR) is 71.5 cm³/mol. The number of aliphatic carboxylic acids is 1. The third kappa shape index (κ3) is 2.24. The normalized spacial score (nSPS) is 17.9. The Balaban J connectivity index is 1.90. The molecule has 1 aliphatic heterocycles. The van der Waals surface area contributed by atoms with Gasteiger partial charge in [0.1, 0.15) is 0 Å². The van der Waals surface area contributed by atoms with Gasteiger partial charge in [-0.05, 0) is 18.1 Å². The molecule has 0 spiro atoms. The molecule has 3 rings (SSSR count).